The fourth-order valence-electron chi connectivity index (χ4n) is 3.37. The Morgan fingerprint density at radius 1 is 0.844 bits per heavy atom. The van der Waals surface area contributed by atoms with Gasteiger partial charge in [-0.2, -0.15) is 0 Å². The number of carboxylic acids is 1. The standard InChI is InChI=1S/C25H36NO5P/c1-19(2)15-23(25(27)28)26-24(16-20(3)4)32(29,30-17-21-11-7-5-8-12-21)31-18-22-13-9-6-10-14-22/h5-14,19-20,23-24,26H,15-18H2,1-4H3,(H,27,28)/t23-,24+/m0/s1. The summed E-state index contributed by atoms with van der Waals surface area (Å²) in [4.78, 5) is 11.9. The Bertz CT molecular complexity index is 810. The van der Waals surface area contributed by atoms with Crippen LogP contribution < -0.4 is 5.32 Å². The van der Waals surface area contributed by atoms with E-state index in [0.29, 0.717) is 12.8 Å². The van der Waals surface area contributed by atoms with Crippen LogP contribution >= 0.6 is 7.60 Å². The maximum atomic E-state index is 14.1. The topological polar surface area (TPSA) is 84.9 Å². The number of rotatable bonds is 14. The van der Waals surface area contributed by atoms with Crippen molar-refractivity contribution in [3.8, 4) is 0 Å². The lowest BCUT2D eigenvalue weighted by molar-refractivity contribution is -0.140. The normalized spacial score (nSPS) is 13.9. The van der Waals surface area contributed by atoms with Crippen LogP contribution in [0.1, 0.15) is 51.7 Å². The van der Waals surface area contributed by atoms with E-state index in [1.54, 1.807) is 0 Å². The predicted octanol–water partition coefficient (Wildman–Crippen LogP) is 6.07. The van der Waals surface area contributed by atoms with Crippen LogP contribution in [0.25, 0.3) is 0 Å². The molecule has 2 aromatic rings. The van der Waals surface area contributed by atoms with Gasteiger partial charge >= 0.3 is 13.6 Å². The molecule has 0 aromatic heterocycles. The molecule has 0 saturated heterocycles. The molecule has 0 aliphatic rings. The van der Waals surface area contributed by atoms with Crippen molar-refractivity contribution in [2.45, 2.75) is 65.6 Å². The van der Waals surface area contributed by atoms with Crippen LogP contribution in [-0.4, -0.2) is 22.9 Å². The predicted molar refractivity (Wildman–Crippen MR) is 127 cm³/mol. The highest BCUT2D eigenvalue weighted by atomic mass is 31.2. The molecule has 0 heterocycles. The van der Waals surface area contributed by atoms with E-state index in [1.807, 2.05) is 88.4 Å². The van der Waals surface area contributed by atoms with Crippen LogP contribution in [0.3, 0.4) is 0 Å². The van der Waals surface area contributed by atoms with E-state index in [0.717, 1.165) is 11.1 Å². The Morgan fingerprint density at radius 3 is 1.66 bits per heavy atom. The molecule has 2 N–H and O–H groups in total. The van der Waals surface area contributed by atoms with Gasteiger partial charge in [-0.25, -0.2) is 0 Å². The van der Waals surface area contributed by atoms with Crippen molar-refractivity contribution in [2.75, 3.05) is 0 Å². The van der Waals surface area contributed by atoms with Gasteiger partial charge in [-0.15, -0.1) is 0 Å². The van der Waals surface area contributed by atoms with Gasteiger partial charge in [0.1, 0.15) is 11.8 Å². The molecule has 2 aromatic carbocycles. The highest BCUT2D eigenvalue weighted by Gasteiger charge is 2.39. The second kappa shape index (κ2) is 12.9. The molecule has 0 spiro atoms. The number of hydrogen-bond acceptors (Lipinski definition) is 5. The van der Waals surface area contributed by atoms with Gasteiger partial charge in [0, 0.05) is 0 Å². The maximum absolute atomic E-state index is 14.1. The van der Waals surface area contributed by atoms with E-state index in [9.17, 15) is 14.5 Å². The van der Waals surface area contributed by atoms with E-state index in [1.165, 1.54) is 0 Å². The molecule has 0 amide bonds. The molecular weight excluding hydrogens is 425 g/mol. The summed E-state index contributed by atoms with van der Waals surface area (Å²) >= 11 is 0. The minimum Gasteiger partial charge on any atom is -0.480 e. The van der Waals surface area contributed by atoms with E-state index in [-0.39, 0.29) is 25.0 Å². The molecule has 2 rings (SSSR count). The SMILES string of the molecule is CC(C)C[C@H](N[C@@H](CC(C)C)P(=O)(OCc1ccccc1)OCc1ccccc1)C(=O)O. The lowest BCUT2D eigenvalue weighted by Gasteiger charge is -2.31. The fraction of sp³-hybridized carbons (Fsp3) is 0.480. The van der Waals surface area contributed by atoms with Crippen molar-refractivity contribution in [1.82, 2.24) is 5.32 Å². The number of carboxylic acid groups (broad SMARTS) is 1. The number of aliphatic carboxylic acids is 1. The molecule has 0 saturated carbocycles. The van der Waals surface area contributed by atoms with Crippen molar-refractivity contribution in [1.29, 1.82) is 0 Å². The van der Waals surface area contributed by atoms with Crippen LogP contribution in [0.15, 0.2) is 60.7 Å². The lowest BCUT2D eigenvalue weighted by atomic mass is 10.0. The largest absolute Gasteiger partial charge is 0.480 e. The van der Waals surface area contributed by atoms with Gasteiger partial charge < -0.3 is 14.2 Å². The molecule has 176 valence electrons. The van der Waals surface area contributed by atoms with Crippen LogP contribution in [0.5, 0.6) is 0 Å². The molecule has 0 aliphatic heterocycles. The third-order valence-electron chi connectivity index (χ3n) is 4.98. The van der Waals surface area contributed by atoms with Crippen LogP contribution in [-0.2, 0) is 31.6 Å². The van der Waals surface area contributed by atoms with Gasteiger partial charge in [0.25, 0.3) is 0 Å². The first-order valence-corrected chi connectivity index (χ1v) is 12.8. The van der Waals surface area contributed by atoms with E-state index in [2.05, 4.69) is 5.32 Å². The van der Waals surface area contributed by atoms with E-state index >= 15 is 0 Å². The summed E-state index contributed by atoms with van der Waals surface area (Å²) in [7, 11) is -3.73. The first-order chi connectivity index (χ1) is 15.2. The minimum atomic E-state index is -3.73. The van der Waals surface area contributed by atoms with Crippen molar-refractivity contribution in [2.24, 2.45) is 11.8 Å². The van der Waals surface area contributed by atoms with Gasteiger partial charge in [0.2, 0.25) is 0 Å². The Morgan fingerprint density at radius 2 is 1.28 bits per heavy atom. The monoisotopic (exact) mass is 461 g/mol. The first kappa shape index (κ1) is 26.3. The van der Waals surface area contributed by atoms with Gasteiger partial charge in [-0.3, -0.25) is 14.7 Å². The van der Waals surface area contributed by atoms with E-state index < -0.39 is 25.4 Å². The first-order valence-electron chi connectivity index (χ1n) is 11.1. The summed E-state index contributed by atoms with van der Waals surface area (Å²) in [6.45, 7) is 8.17. The Balaban J connectivity index is 2.30. The Kier molecular flexibility index (Phi) is 10.6. The van der Waals surface area contributed by atoms with Gasteiger partial charge in [-0.1, -0.05) is 88.4 Å². The van der Waals surface area contributed by atoms with E-state index in [4.69, 9.17) is 9.05 Å². The Hall–Kier alpha value is -1.98. The van der Waals surface area contributed by atoms with Crippen molar-refractivity contribution < 1.29 is 23.5 Å². The minimum absolute atomic E-state index is 0.116. The summed E-state index contributed by atoms with van der Waals surface area (Å²) < 4.78 is 26.1. The maximum Gasteiger partial charge on any atom is 0.348 e. The van der Waals surface area contributed by atoms with Crippen molar-refractivity contribution in [3.05, 3.63) is 71.8 Å². The van der Waals surface area contributed by atoms with Gasteiger partial charge in [-0.05, 0) is 35.8 Å². The summed E-state index contributed by atoms with van der Waals surface area (Å²) in [6.07, 6.45) is 0.879. The average Bonchev–Trinajstić information content (AvgIpc) is 2.76. The molecule has 0 aliphatic carbocycles. The summed E-state index contributed by atoms with van der Waals surface area (Å²) in [6, 6.07) is 18.1. The molecule has 2 atom stereocenters. The van der Waals surface area contributed by atoms with Crippen molar-refractivity contribution >= 4 is 13.6 Å². The quantitative estimate of drug-likeness (QED) is 0.332. The fourth-order valence-corrected chi connectivity index (χ4v) is 5.51. The number of hydrogen-bond donors (Lipinski definition) is 2. The third kappa shape index (κ3) is 8.87. The molecule has 0 bridgehead atoms. The highest BCUT2D eigenvalue weighted by molar-refractivity contribution is 7.54. The molecule has 32 heavy (non-hydrogen) atoms. The Labute approximate surface area is 191 Å². The summed E-state index contributed by atoms with van der Waals surface area (Å²) in [5.41, 5.74) is 1.74. The second-order valence-corrected chi connectivity index (χ2v) is 11.1. The molecule has 0 fully saturated rings. The summed E-state index contributed by atoms with van der Waals surface area (Å²) in [5, 5.41) is 12.9. The average molecular weight is 462 g/mol. The zero-order valence-corrected chi connectivity index (χ0v) is 20.3. The van der Waals surface area contributed by atoms with Crippen molar-refractivity contribution in [3.63, 3.8) is 0 Å². The zero-order chi connectivity index (χ0) is 23.6. The smallest absolute Gasteiger partial charge is 0.348 e. The number of nitrogens with one attached hydrogen (secondary N) is 1. The lowest BCUT2D eigenvalue weighted by Crippen LogP contribution is -2.45. The molecule has 0 unspecified atom stereocenters. The number of carbonyl (C=O) groups is 1. The molecular formula is C25H36NO5P. The van der Waals surface area contributed by atoms with Crippen LogP contribution in [0, 0.1) is 11.8 Å². The van der Waals surface area contributed by atoms with Crippen LogP contribution in [0.2, 0.25) is 0 Å². The zero-order valence-electron chi connectivity index (χ0n) is 19.4. The van der Waals surface area contributed by atoms with Crippen LogP contribution in [0.4, 0.5) is 0 Å². The highest BCUT2D eigenvalue weighted by Crippen LogP contribution is 2.55. The number of benzene rings is 2. The van der Waals surface area contributed by atoms with Gasteiger partial charge in [0.05, 0.1) is 13.2 Å². The van der Waals surface area contributed by atoms with Gasteiger partial charge in [0.15, 0.2) is 0 Å². The summed E-state index contributed by atoms with van der Waals surface area (Å²) in [5.74, 6) is -1.38. The molecule has 6 nitrogen and oxygen atoms in total. The second-order valence-electron chi connectivity index (χ2n) is 8.89. The third-order valence-corrected chi connectivity index (χ3v) is 7.08. The molecule has 0 radical (unpaired) electrons. The molecule has 7 heteroatoms.